The van der Waals surface area contributed by atoms with Gasteiger partial charge >= 0.3 is 0 Å². The normalized spacial score (nSPS) is 10.9. The van der Waals surface area contributed by atoms with Crippen LogP contribution in [0.3, 0.4) is 0 Å². The van der Waals surface area contributed by atoms with Crippen molar-refractivity contribution in [2.45, 2.75) is 18.6 Å². The molecule has 4 aromatic rings. The Hall–Kier alpha value is -2.81. The number of aryl methyl sites for hydroxylation is 1. The molecule has 2 aromatic carbocycles. The SMILES string of the molecule is Cc1ccc(-n2cnnc2SCC(=O)Nc2ccnn2Cc2cccc(Cl)c2Cl)cc1. The van der Waals surface area contributed by atoms with Crippen LogP contribution in [0.4, 0.5) is 5.82 Å². The lowest BCUT2D eigenvalue weighted by Crippen LogP contribution is -2.18. The largest absolute Gasteiger partial charge is 0.310 e. The van der Waals surface area contributed by atoms with E-state index in [2.05, 4.69) is 20.6 Å². The Labute approximate surface area is 193 Å². The Morgan fingerprint density at radius 2 is 1.94 bits per heavy atom. The van der Waals surface area contributed by atoms with Crippen LogP contribution < -0.4 is 5.32 Å². The summed E-state index contributed by atoms with van der Waals surface area (Å²) in [5.74, 6) is 0.567. The van der Waals surface area contributed by atoms with Crippen LogP contribution in [-0.2, 0) is 11.3 Å². The van der Waals surface area contributed by atoms with Crippen molar-refractivity contribution in [1.82, 2.24) is 24.5 Å². The third kappa shape index (κ3) is 5.10. The Balaban J connectivity index is 1.40. The summed E-state index contributed by atoms with van der Waals surface area (Å²) >= 11 is 13.7. The van der Waals surface area contributed by atoms with E-state index >= 15 is 0 Å². The standard InChI is InChI=1S/C21H18Cl2N6OS/c1-14-5-7-16(8-6-14)28-13-24-27-21(28)31-12-19(30)26-18-9-10-25-29(18)11-15-3-2-4-17(22)20(15)23/h2-10,13H,11-12H2,1H3,(H,26,30). The third-order valence-corrected chi connectivity index (χ3v) is 6.30. The first-order chi connectivity index (χ1) is 15.0. The second kappa shape index (κ2) is 9.55. The monoisotopic (exact) mass is 472 g/mol. The molecule has 0 bridgehead atoms. The number of anilines is 1. The van der Waals surface area contributed by atoms with Gasteiger partial charge in [0, 0.05) is 11.8 Å². The molecule has 0 unspecified atom stereocenters. The number of aromatic nitrogens is 5. The van der Waals surface area contributed by atoms with Crippen LogP contribution >= 0.6 is 35.0 Å². The van der Waals surface area contributed by atoms with E-state index in [9.17, 15) is 4.79 Å². The number of nitrogens with one attached hydrogen (secondary N) is 1. The van der Waals surface area contributed by atoms with E-state index in [1.165, 1.54) is 17.3 Å². The van der Waals surface area contributed by atoms with Gasteiger partial charge in [-0.3, -0.25) is 9.36 Å². The zero-order valence-corrected chi connectivity index (χ0v) is 18.8. The molecular weight excluding hydrogens is 455 g/mol. The van der Waals surface area contributed by atoms with Crippen LogP contribution in [-0.4, -0.2) is 36.2 Å². The predicted octanol–water partition coefficient (Wildman–Crippen LogP) is 4.86. The molecule has 0 fully saturated rings. The highest BCUT2D eigenvalue weighted by atomic mass is 35.5. The van der Waals surface area contributed by atoms with E-state index in [1.807, 2.05) is 47.9 Å². The average molecular weight is 473 g/mol. The maximum Gasteiger partial charge on any atom is 0.235 e. The number of nitrogens with zero attached hydrogens (tertiary/aromatic N) is 5. The van der Waals surface area contributed by atoms with E-state index in [1.54, 1.807) is 29.3 Å². The Morgan fingerprint density at radius 3 is 2.74 bits per heavy atom. The van der Waals surface area contributed by atoms with Crippen LogP contribution in [0, 0.1) is 6.92 Å². The van der Waals surface area contributed by atoms with Crippen molar-refractivity contribution in [2.75, 3.05) is 11.1 Å². The van der Waals surface area contributed by atoms with Gasteiger partial charge in [0.2, 0.25) is 5.91 Å². The minimum Gasteiger partial charge on any atom is -0.310 e. The maximum atomic E-state index is 12.5. The molecule has 4 rings (SSSR count). The fourth-order valence-corrected chi connectivity index (χ4v) is 4.02. The first-order valence-corrected chi connectivity index (χ1v) is 11.1. The molecule has 7 nitrogen and oxygen atoms in total. The first-order valence-electron chi connectivity index (χ1n) is 9.35. The van der Waals surface area contributed by atoms with Crippen LogP contribution in [0.2, 0.25) is 10.0 Å². The van der Waals surface area contributed by atoms with Gasteiger partial charge in [0.15, 0.2) is 5.16 Å². The molecule has 0 aliphatic carbocycles. The summed E-state index contributed by atoms with van der Waals surface area (Å²) in [5, 5.41) is 16.8. The van der Waals surface area contributed by atoms with Gasteiger partial charge in [-0.1, -0.05) is 64.8 Å². The van der Waals surface area contributed by atoms with Gasteiger partial charge in [-0.05, 0) is 30.7 Å². The Bertz CT molecular complexity index is 1200. The molecule has 0 aliphatic heterocycles. The van der Waals surface area contributed by atoms with Crippen molar-refractivity contribution >= 4 is 46.7 Å². The lowest BCUT2D eigenvalue weighted by molar-refractivity contribution is -0.113. The number of carbonyl (C=O) groups is 1. The number of benzene rings is 2. The second-order valence-electron chi connectivity index (χ2n) is 6.74. The van der Waals surface area contributed by atoms with Crippen LogP contribution in [0.25, 0.3) is 5.69 Å². The molecule has 0 spiro atoms. The van der Waals surface area contributed by atoms with E-state index in [4.69, 9.17) is 23.2 Å². The number of hydrogen-bond donors (Lipinski definition) is 1. The number of carbonyl (C=O) groups excluding carboxylic acids is 1. The van der Waals surface area contributed by atoms with Crippen molar-refractivity contribution < 1.29 is 4.79 Å². The molecule has 1 amide bonds. The fourth-order valence-electron chi connectivity index (χ4n) is 2.91. The summed E-state index contributed by atoms with van der Waals surface area (Å²) in [6.45, 7) is 2.41. The predicted molar refractivity (Wildman–Crippen MR) is 123 cm³/mol. The summed E-state index contributed by atoms with van der Waals surface area (Å²) in [7, 11) is 0. The number of halogens is 2. The quantitative estimate of drug-likeness (QED) is 0.388. The molecule has 0 saturated heterocycles. The molecule has 31 heavy (non-hydrogen) atoms. The van der Waals surface area contributed by atoms with Crippen molar-refractivity contribution in [1.29, 1.82) is 0 Å². The summed E-state index contributed by atoms with van der Waals surface area (Å²) in [5.41, 5.74) is 2.92. The molecule has 2 heterocycles. The highest BCUT2D eigenvalue weighted by Gasteiger charge is 2.13. The third-order valence-electron chi connectivity index (χ3n) is 4.50. The topological polar surface area (TPSA) is 77.6 Å². The number of rotatable bonds is 7. The zero-order chi connectivity index (χ0) is 21.8. The zero-order valence-electron chi connectivity index (χ0n) is 16.5. The highest BCUT2D eigenvalue weighted by Crippen LogP contribution is 2.27. The number of thioether (sulfide) groups is 1. The molecule has 0 radical (unpaired) electrons. The van der Waals surface area contributed by atoms with Gasteiger partial charge in [0.05, 0.1) is 28.5 Å². The second-order valence-corrected chi connectivity index (χ2v) is 8.47. The maximum absolute atomic E-state index is 12.5. The number of hydrogen-bond acceptors (Lipinski definition) is 5. The fraction of sp³-hybridized carbons (Fsp3) is 0.143. The molecule has 0 atom stereocenters. The minimum atomic E-state index is -0.178. The Kier molecular flexibility index (Phi) is 6.60. The van der Waals surface area contributed by atoms with E-state index in [0.717, 1.165) is 11.3 Å². The van der Waals surface area contributed by atoms with E-state index in [0.29, 0.717) is 27.6 Å². The minimum absolute atomic E-state index is 0.174. The van der Waals surface area contributed by atoms with Crippen LogP contribution in [0.1, 0.15) is 11.1 Å². The van der Waals surface area contributed by atoms with Crippen molar-refractivity contribution in [3.05, 3.63) is 82.2 Å². The molecule has 158 valence electrons. The molecule has 10 heteroatoms. The van der Waals surface area contributed by atoms with E-state index in [-0.39, 0.29) is 11.7 Å². The summed E-state index contributed by atoms with van der Waals surface area (Å²) < 4.78 is 3.51. The average Bonchev–Trinajstić information content (AvgIpc) is 3.40. The van der Waals surface area contributed by atoms with Gasteiger partial charge in [0.25, 0.3) is 0 Å². The molecule has 1 N–H and O–H groups in total. The van der Waals surface area contributed by atoms with Crippen molar-refractivity contribution in [3.63, 3.8) is 0 Å². The molecule has 0 saturated carbocycles. The van der Waals surface area contributed by atoms with Gasteiger partial charge < -0.3 is 5.32 Å². The van der Waals surface area contributed by atoms with Crippen LogP contribution in [0.15, 0.2) is 66.2 Å². The van der Waals surface area contributed by atoms with Crippen molar-refractivity contribution in [3.8, 4) is 5.69 Å². The summed E-state index contributed by atoms with van der Waals surface area (Å²) in [4.78, 5) is 12.5. The molecule has 2 aromatic heterocycles. The lowest BCUT2D eigenvalue weighted by Gasteiger charge is -2.11. The van der Waals surface area contributed by atoms with Gasteiger partial charge in [-0.25, -0.2) is 4.68 Å². The van der Waals surface area contributed by atoms with Crippen LogP contribution in [0.5, 0.6) is 0 Å². The highest BCUT2D eigenvalue weighted by molar-refractivity contribution is 7.99. The van der Waals surface area contributed by atoms with Gasteiger partial charge in [-0.15, -0.1) is 10.2 Å². The van der Waals surface area contributed by atoms with Gasteiger partial charge in [-0.2, -0.15) is 5.10 Å². The summed E-state index contributed by atoms with van der Waals surface area (Å²) in [6.07, 6.45) is 3.25. The van der Waals surface area contributed by atoms with Gasteiger partial charge in [0.1, 0.15) is 12.1 Å². The first kappa shape index (κ1) is 21.4. The molecular formula is C21H18Cl2N6OS. The van der Waals surface area contributed by atoms with E-state index < -0.39 is 0 Å². The molecule has 0 aliphatic rings. The lowest BCUT2D eigenvalue weighted by atomic mass is 10.2. The smallest absolute Gasteiger partial charge is 0.235 e. The Morgan fingerprint density at radius 1 is 1.13 bits per heavy atom. The van der Waals surface area contributed by atoms with Crippen molar-refractivity contribution in [2.24, 2.45) is 0 Å². The summed E-state index contributed by atoms with van der Waals surface area (Å²) in [6, 6.07) is 15.2. The number of amides is 1.